The highest BCUT2D eigenvalue weighted by Crippen LogP contribution is 2.39. The van der Waals surface area contributed by atoms with Gasteiger partial charge in [-0.1, -0.05) is 77.8 Å². The Morgan fingerprint density at radius 3 is 2.20 bits per heavy atom. The average Bonchev–Trinajstić information content (AvgIpc) is 3.19. The molecule has 14 heteroatoms. The van der Waals surface area contributed by atoms with Crippen LogP contribution in [0.2, 0.25) is 0 Å². The summed E-state index contributed by atoms with van der Waals surface area (Å²) in [5, 5.41) is 28.2. The zero-order valence-electron chi connectivity index (χ0n) is 36.5. The van der Waals surface area contributed by atoms with Crippen LogP contribution in [0.4, 0.5) is 0 Å². The molecule has 6 N–H and O–H groups in total. The van der Waals surface area contributed by atoms with Crippen LogP contribution in [0.15, 0.2) is 36.4 Å². The van der Waals surface area contributed by atoms with Gasteiger partial charge in [0.2, 0.25) is 11.8 Å². The molecule has 3 rings (SSSR count). The van der Waals surface area contributed by atoms with E-state index in [9.17, 15) is 42.6 Å². The number of carbonyl (C=O) groups is 5. The van der Waals surface area contributed by atoms with Crippen molar-refractivity contribution < 1.29 is 42.6 Å². The number of phenols is 2. The summed E-state index contributed by atoms with van der Waals surface area (Å²) in [7, 11) is -2.26. The number of nitrogens with two attached hydrogens (primary N) is 1. The van der Waals surface area contributed by atoms with E-state index in [1.54, 1.807) is 26.0 Å². The number of sulfone groups is 1. The topological polar surface area (TPSA) is 213 Å². The molecule has 334 valence electrons. The second kappa shape index (κ2) is 25.0. The van der Waals surface area contributed by atoms with Gasteiger partial charge < -0.3 is 31.5 Å². The minimum atomic E-state index is -3.69. The largest absolute Gasteiger partial charge is 0.507 e. The monoisotopic (exact) mass is 854 g/mol. The van der Waals surface area contributed by atoms with Crippen molar-refractivity contribution in [1.82, 2.24) is 15.5 Å². The quantitative estimate of drug-likeness (QED) is 0.0776. The normalized spacial score (nSPS) is 18.3. The number of phenolic OH excluding ortho intramolecular Hbond substituents is 2. The van der Waals surface area contributed by atoms with Crippen LogP contribution in [0.3, 0.4) is 0 Å². The van der Waals surface area contributed by atoms with E-state index in [0.29, 0.717) is 43.5 Å². The zero-order valence-corrected chi connectivity index (χ0v) is 37.3. The Morgan fingerprint density at radius 1 is 0.900 bits per heavy atom. The van der Waals surface area contributed by atoms with Crippen molar-refractivity contribution in [1.29, 1.82) is 0 Å². The SMILES string of the molecule is CCCCCCCCCNCCCS(=O)(=O)C[C@@H](CCCCN)C(=O)N(C)[C@@H]1C(=O)C[C@@H](C)C(=O)N[C@H](C(=O)C[C@@H](C)C(C)=O)Cc2ccc(O)c(c2)-c2cc1ccc2O. The number of amides is 2. The van der Waals surface area contributed by atoms with Gasteiger partial charge in [0, 0.05) is 42.9 Å². The number of nitrogens with one attached hydrogen (secondary N) is 2. The molecule has 2 aromatic carbocycles. The van der Waals surface area contributed by atoms with Gasteiger partial charge in [0.1, 0.15) is 23.3 Å². The number of fused-ring (bicyclic) bond motifs is 5. The summed E-state index contributed by atoms with van der Waals surface area (Å²) in [6, 6.07) is 6.59. The lowest BCUT2D eigenvalue weighted by Crippen LogP contribution is -2.46. The summed E-state index contributed by atoms with van der Waals surface area (Å²) in [6.45, 7) is 8.48. The summed E-state index contributed by atoms with van der Waals surface area (Å²) in [4.78, 5) is 69.4. The van der Waals surface area contributed by atoms with E-state index in [4.69, 9.17) is 5.73 Å². The number of ketones is 3. The summed E-state index contributed by atoms with van der Waals surface area (Å²) in [5.74, 6) is -5.64. The number of hydrogen-bond donors (Lipinski definition) is 5. The Bertz CT molecular complexity index is 1870. The van der Waals surface area contributed by atoms with Crippen molar-refractivity contribution in [3.05, 3.63) is 47.5 Å². The molecule has 1 aliphatic heterocycles. The van der Waals surface area contributed by atoms with Gasteiger partial charge in [-0.2, -0.15) is 0 Å². The van der Waals surface area contributed by atoms with Gasteiger partial charge in [-0.05, 0) is 94.1 Å². The van der Waals surface area contributed by atoms with Crippen molar-refractivity contribution in [2.45, 2.75) is 130 Å². The Kier molecular flexibility index (Phi) is 20.9. The van der Waals surface area contributed by atoms with Gasteiger partial charge in [0.15, 0.2) is 21.4 Å². The van der Waals surface area contributed by atoms with Crippen molar-refractivity contribution in [3.63, 3.8) is 0 Å². The standard InChI is InChI=1S/C46H70N4O9S/c1-6-7-8-9-10-11-14-22-48-23-15-24-60(58,59)30-36(16-12-13-21-47)46(57)50(5)44-35-18-20-41(53)38(29-35)37-27-34(17-19-40(37)52)28-39(42(54)25-31(2)33(4)51)49-45(56)32(3)26-43(44)55/h17-20,27,29,31-32,36,39,44,48,52-53H,6-16,21-26,28,30,47H2,1-5H3,(H,49,56)/t31-,32-,36-,39+,44+/m1/s1. The summed E-state index contributed by atoms with van der Waals surface area (Å²) >= 11 is 0. The molecule has 0 unspecified atom stereocenters. The number of rotatable bonds is 24. The van der Waals surface area contributed by atoms with E-state index in [2.05, 4.69) is 17.6 Å². The third-order valence-electron chi connectivity index (χ3n) is 11.6. The van der Waals surface area contributed by atoms with Gasteiger partial charge in [-0.15, -0.1) is 0 Å². The van der Waals surface area contributed by atoms with Crippen molar-refractivity contribution in [2.75, 3.05) is 38.2 Å². The first kappa shape index (κ1) is 50.2. The Balaban J connectivity index is 1.92. The van der Waals surface area contributed by atoms with Gasteiger partial charge in [-0.25, -0.2) is 8.42 Å². The molecule has 1 heterocycles. The summed E-state index contributed by atoms with van der Waals surface area (Å²) in [6.07, 6.45) is 9.60. The lowest BCUT2D eigenvalue weighted by molar-refractivity contribution is -0.142. The maximum atomic E-state index is 14.5. The van der Waals surface area contributed by atoms with E-state index in [1.807, 2.05) is 0 Å². The third kappa shape index (κ3) is 15.7. The van der Waals surface area contributed by atoms with E-state index in [0.717, 1.165) is 19.4 Å². The number of aromatic hydroxyl groups is 2. The van der Waals surface area contributed by atoms with Gasteiger partial charge in [-0.3, -0.25) is 24.0 Å². The first-order chi connectivity index (χ1) is 28.5. The Labute approximate surface area is 357 Å². The van der Waals surface area contributed by atoms with Crippen molar-refractivity contribution in [2.24, 2.45) is 23.5 Å². The van der Waals surface area contributed by atoms with E-state index >= 15 is 0 Å². The molecular formula is C46H70N4O9S. The van der Waals surface area contributed by atoms with Crippen molar-refractivity contribution >= 4 is 39.0 Å². The number of Topliss-reactive ketones (excluding diaryl/α,β-unsaturated/α-hetero) is 3. The van der Waals surface area contributed by atoms with E-state index < -0.39 is 63.0 Å². The van der Waals surface area contributed by atoms with Crippen LogP contribution < -0.4 is 16.4 Å². The maximum absolute atomic E-state index is 14.5. The molecule has 2 amide bonds. The second-order valence-corrected chi connectivity index (χ2v) is 19.0. The predicted molar refractivity (Wildman–Crippen MR) is 235 cm³/mol. The number of benzene rings is 2. The lowest BCUT2D eigenvalue weighted by atomic mass is 9.88. The first-order valence-electron chi connectivity index (χ1n) is 21.9. The predicted octanol–water partition coefficient (Wildman–Crippen LogP) is 5.98. The molecule has 0 aromatic heterocycles. The van der Waals surface area contributed by atoms with E-state index in [-0.39, 0.29) is 65.6 Å². The molecule has 0 fully saturated rings. The molecule has 0 saturated carbocycles. The minimum Gasteiger partial charge on any atom is -0.507 e. The molecule has 1 aliphatic rings. The lowest BCUT2D eigenvalue weighted by Gasteiger charge is -2.32. The molecule has 4 bridgehead atoms. The molecule has 0 spiro atoms. The highest BCUT2D eigenvalue weighted by molar-refractivity contribution is 7.91. The highest BCUT2D eigenvalue weighted by atomic mass is 32.2. The van der Waals surface area contributed by atoms with Gasteiger partial charge in [0.05, 0.1) is 23.5 Å². The number of carbonyl (C=O) groups excluding carboxylic acids is 5. The maximum Gasteiger partial charge on any atom is 0.227 e. The number of likely N-dealkylation sites (N-methyl/N-ethyl adjacent to an activating group) is 1. The van der Waals surface area contributed by atoms with Crippen LogP contribution in [-0.2, 0) is 40.2 Å². The van der Waals surface area contributed by atoms with Crippen LogP contribution in [0.1, 0.15) is 128 Å². The Hall–Kier alpha value is -4.14. The molecule has 2 aromatic rings. The van der Waals surface area contributed by atoms with Crippen LogP contribution in [0, 0.1) is 17.8 Å². The number of nitrogens with zero attached hydrogens (tertiary/aromatic N) is 1. The summed E-state index contributed by atoms with van der Waals surface area (Å²) in [5.41, 5.74) is 6.96. The zero-order chi connectivity index (χ0) is 44.4. The molecule has 0 radical (unpaired) electrons. The van der Waals surface area contributed by atoms with E-state index in [1.165, 1.54) is 75.2 Å². The molecule has 13 nitrogen and oxygen atoms in total. The molecule has 0 saturated heterocycles. The van der Waals surface area contributed by atoms with Crippen LogP contribution in [0.25, 0.3) is 11.1 Å². The third-order valence-corrected chi connectivity index (χ3v) is 13.4. The molecular weight excluding hydrogens is 785 g/mol. The number of unbranched alkanes of at least 4 members (excludes halogenated alkanes) is 7. The second-order valence-electron chi connectivity index (χ2n) is 16.8. The van der Waals surface area contributed by atoms with Crippen LogP contribution in [0.5, 0.6) is 11.5 Å². The van der Waals surface area contributed by atoms with Crippen LogP contribution >= 0.6 is 0 Å². The van der Waals surface area contributed by atoms with Crippen LogP contribution in [-0.4, -0.2) is 96.9 Å². The van der Waals surface area contributed by atoms with Crippen molar-refractivity contribution in [3.8, 4) is 22.6 Å². The molecule has 60 heavy (non-hydrogen) atoms. The minimum absolute atomic E-state index is 0.0215. The van der Waals surface area contributed by atoms with Gasteiger partial charge >= 0.3 is 0 Å². The average molecular weight is 855 g/mol. The fraction of sp³-hybridized carbons (Fsp3) is 0.630. The smallest absolute Gasteiger partial charge is 0.227 e. The first-order valence-corrected chi connectivity index (χ1v) is 23.7. The fourth-order valence-electron chi connectivity index (χ4n) is 7.75. The molecule has 5 atom stereocenters. The van der Waals surface area contributed by atoms with Gasteiger partial charge in [0.25, 0.3) is 0 Å². The Morgan fingerprint density at radius 2 is 1.53 bits per heavy atom. The fourth-order valence-corrected chi connectivity index (χ4v) is 9.42. The summed E-state index contributed by atoms with van der Waals surface area (Å²) < 4.78 is 27.1. The highest BCUT2D eigenvalue weighted by Gasteiger charge is 2.37. The molecule has 0 aliphatic carbocycles. The number of hydrogen-bond acceptors (Lipinski definition) is 11.